The average Bonchev–Trinajstić information content (AvgIpc) is 2.05. The summed E-state index contributed by atoms with van der Waals surface area (Å²) >= 11 is 0. The third-order valence-electron chi connectivity index (χ3n) is 1.49. The lowest BCUT2D eigenvalue weighted by Gasteiger charge is -2.03. The van der Waals surface area contributed by atoms with E-state index in [9.17, 15) is 0 Å². The number of hydrogen-bond acceptors (Lipinski definition) is 3. The van der Waals surface area contributed by atoms with Crippen molar-refractivity contribution in [1.29, 1.82) is 0 Å². The van der Waals surface area contributed by atoms with Gasteiger partial charge in [0.05, 0.1) is 6.61 Å². The van der Waals surface area contributed by atoms with Crippen LogP contribution in [0.5, 0.6) is 5.88 Å². The van der Waals surface area contributed by atoms with Gasteiger partial charge in [0, 0.05) is 6.07 Å². The van der Waals surface area contributed by atoms with Crippen molar-refractivity contribution < 1.29 is 4.74 Å². The van der Waals surface area contributed by atoms with E-state index < -0.39 is 0 Å². The van der Waals surface area contributed by atoms with E-state index in [0.717, 1.165) is 12.8 Å². The van der Waals surface area contributed by atoms with Gasteiger partial charge in [-0.25, -0.2) is 0 Å². The zero-order valence-corrected chi connectivity index (χ0v) is 7.29. The van der Waals surface area contributed by atoms with E-state index in [1.807, 2.05) is 12.1 Å². The summed E-state index contributed by atoms with van der Waals surface area (Å²) in [6.45, 7) is 2.84. The summed E-state index contributed by atoms with van der Waals surface area (Å²) in [5.41, 5.74) is 5.47. The Morgan fingerprint density at radius 3 is 3.00 bits per heavy atom. The number of unbranched alkanes of at least 4 members (excludes halogenated alkanes) is 1. The molecule has 1 heterocycles. The number of nitrogen functional groups attached to an aromatic ring is 1. The Balaban J connectivity index is 2.41. The third-order valence-corrected chi connectivity index (χ3v) is 1.49. The molecule has 1 aromatic rings. The molecule has 0 bridgehead atoms. The highest BCUT2D eigenvalue weighted by atomic mass is 16.5. The monoisotopic (exact) mass is 166 g/mol. The van der Waals surface area contributed by atoms with Crippen LogP contribution < -0.4 is 10.5 Å². The van der Waals surface area contributed by atoms with Crippen molar-refractivity contribution in [1.82, 2.24) is 4.98 Å². The molecule has 0 fully saturated rings. The van der Waals surface area contributed by atoms with Crippen LogP contribution in [-0.4, -0.2) is 11.6 Å². The molecular formula is C9H14N2O. The van der Waals surface area contributed by atoms with Gasteiger partial charge in [0.25, 0.3) is 0 Å². The lowest BCUT2D eigenvalue weighted by Crippen LogP contribution is -1.99. The minimum atomic E-state index is 0.504. The highest BCUT2D eigenvalue weighted by Gasteiger charge is 1.93. The molecule has 1 aromatic heterocycles. The first kappa shape index (κ1) is 8.84. The fourth-order valence-corrected chi connectivity index (χ4v) is 0.832. The molecule has 3 heteroatoms. The third kappa shape index (κ3) is 2.78. The summed E-state index contributed by atoms with van der Waals surface area (Å²) < 4.78 is 5.34. The molecule has 0 unspecified atom stereocenters. The van der Waals surface area contributed by atoms with E-state index in [2.05, 4.69) is 11.9 Å². The molecule has 0 aliphatic carbocycles. The molecule has 0 aromatic carbocycles. The van der Waals surface area contributed by atoms with Crippen LogP contribution in [0.3, 0.4) is 0 Å². The second kappa shape index (κ2) is 4.59. The summed E-state index contributed by atoms with van der Waals surface area (Å²) in [6, 6.07) is 5.39. The maximum absolute atomic E-state index is 5.47. The van der Waals surface area contributed by atoms with Crippen molar-refractivity contribution in [2.45, 2.75) is 19.8 Å². The van der Waals surface area contributed by atoms with Gasteiger partial charge in [-0.15, -0.1) is 0 Å². The van der Waals surface area contributed by atoms with Crippen LogP contribution in [0.4, 0.5) is 5.82 Å². The zero-order valence-electron chi connectivity index (χ0n) is 7.29. The number of ether oxygens (including phenoxy) is 1. The maximum Gasteiger partial charge on any atom is 0.215 e. The first-order valence-corrected chi connectivity index (χ1v) is 4.18. The number of hydrogen-bond donors (Lipinski definition) is 1. The molecule has 3 nitrogen and oxygen atoms in total. The first-order valence-electron chi connectivity index (χ1n) is 4.18. The number of aromatic nitrogens is 1. The molecular weight excluding hydrogens is 152 g/mol. The topological polar surface area (TPSA) is 48.1 Å². The van der Waals surface area contributed by atoms with Gasteiger partial charge in [-0.05, 0) is 12.5 Å². The van der Waals surface area contributed by atoms with Gasteiger partial charge in [-0.3, -0.25) is 0 Å². The minimum absolute atomic E-state index is 0.504. The number of rotatable bonds is 4. The Bertz CT molecular complexity index is 238. The van der Waals surface area contributed by atoms with Crippen LogP contribution >= 0.6 is 0 Å². The number of nitrogens with two attached hydrogens (primary N) is 1. The maximum atomic E-state index is 5.47. The Hall–Kier alpha value is -1.25. The predicted molar refractivity (Wildman–Crippen MR) is 49.1 cm³/mol. The standard InChI is InChI=1S/C9H14N2O/c1-2-3-7-12-9-6-4-5-8(10)11-9/h4-6H,2-3,7H2,1H3,(H2,10,11). The fourth-order valence-electron chi connectivity index (χ4n) is 0.832. The summed E-state index contributed by atoms with van der Waals surface area (Å²) in [6.07, 6.45) is 2.18. The van der Waals surface area contributed by atoms with Crippen molar-refractivity contribution in [3.8, 4) is 5.88 Å². The molecule has 0 saturated carbocycles. The number of anilines is 1. The fraction of sp³-hybridized carbons (Fsp3) is 0.444. The highest BCUT2D eigenvalue weighted by molar-refractivity contribution is 5.30. The largest absolute Gasteiger partial charge is 0.478 e. The van der Waals surface area contributed by atoms with Gasteiger partial charge in [0.15, 0.2) is 0 Å². The molecule has 0 amide bonds. The molecule has 0 aliphatic rings. The van der Waals surface area contributed by atoms with E-state index in [1.165, 1.54) is 0 Å². The van der Waals surface area contributed by atoms with Gasteiger partial charge in [-0.2, -0.15) is 4.98 Å². The Kier molecular flexibility index (Phi) is 3.38. The molecule has 2 N–H and O–H groups in total. The van der Waals surface area contributed by atoms with E-state index in [0.29, 0.717) is 18.3 Å². The minimum Gasteiger partial charge on any atom is -0.478 e. The van der Waals surface area contributed by atoms with Crippen molar-refractivity contribution in [3.05, 3.63) is 18.2 Å². The van der Waals surface area contributed by atoms with E-state index >= 15 is 0 Å². The molecule has 0 aliphatic heterocycles. The van der Waals surface area contributed by atoms with E-state index in [1.54, 1.807) is 6.07 Å². The van der Waals surface area contributed by atoms with Crippen LogP contribution in [0, 0.1) is 0 Å². The van der Waals surface area contributed by atoms with Gasteiger partial charge in [0.1, 0.15) is 5.82 Å². The van der Waals surface area contributed by atoms with Gasteiger partial charge in [0.2, 0.25) is 5.88 Å². The summed E-state index contributed by atoms with van der Waals surface area (Å²) in [7, 11) is 0. The Morgan fingerprint density at radius 1 is 1.50 bits per heavy atom. The number of pyridine rings is 1. The average molecular weight is 166 g/mol. The van der Waals surface area contributed by atoms with Gasteiger partial charge in [-0.1, -0.05) is 19.4 Å². The van der Waals surface area contributed by atoms with Crippen LogP contribution in [0.15, 0.2) is 18.2 Å². The first-order chi connectivity index (χ1) is 5.83. The second-order valence-electron chi connectivity index (χ2n) is 2.60. The van der Waals surface area contributed by atoms with Crippen molar-refractivity contribution in [3.63, 3.8) is 0 Å². The summed E-state index contributed by atoms with van der Waals surface area (Å²) in [4.78, 5) is 4.00. The summed E-state index contributed by atoms with van der Waals surface area (Å²) in [5, 5.41) is 0. The molecule has 66 valence electrons. The Labute approximate surface area is 72.6 Å². The molecule has 0 atom stereocenters. The predicted octanol–water partition coefficient (Wildman–Crippen LogP) is 1.84. The van der Waals surface area contributed by atoms with E-state index in [4.69, 9.17) is 10.5 Å². The number of nitrogens with zero attached hydrogens (tertiary/aromatic N) is 1. The second-order valence-corrected chi connectivity index (χ2v) is 2.60. The molecule has 12 heavy (non-hydrogen) atoms. The summed E-state index contributed by atoms with van der Waals surface area (Å²) in [5.74, 6) is 1.12. The molecule has 1 rings (SSSR count). The smallest absolute Gasteiger partial charge is 0.215 e. The van der Waals surface area contributed by atoms with E-state index in [-0.39, 0.29) is 0 Å². The molecule has 0 spiro atoms. The van der Waals surface area contributed by atoms with Crippen molar-refractivity contribution in [2.75, 3.05) is 12.3 Å². The van der Waals surface area contributed by atoms with Crippen LogP contribution in [0.1, 0.15) is 19.8 Å². The molecule has 0 saturated heterocycles. The van der Waals surface area contributed by atoms with Gasteiger partial charge >= 0.3 is 0 Å². The normalized spacial score (nSPS) is 9.75. The van der Waals surface area contributed by atoms with Crippen LogP contribution in [0.2, 0.25) is 0 Å². The van der Waals surface area contributed by atoms with Crippen molar-refractivity contribution >= 4 is 5.82 Å². The quantitative estimate of drug-likeness (QED) is 0.694. The zero-order chi connectivity index (χ0) is 8.81. The SMILES string of the molecule is CCCCOc1cccc(N)n1. The highest BCUT2D eigenvalue weighted by Crippen LogP contribution is 2.08. The van der Waals surface area contributed by atoms with Crippen LogP contribution in [0.25, 0.3) is 0 Å². The molecule has 0 radical (unpaired) electrons. The van der Waals surface area contributed by atoms with Gasteiger partial charge < -0.3 is 10.5 Å². The van der Waals surface area contributed by atoms with Crippen LogP contribution in [-0.2, 0) is 0 Å². The lowest BCUT2D eigenvalue weighted by molar-refractivity contribution is 0.298. The Morgan fingerprint density at radius 2 is 2.33 bits per heavy atom. The van der Waals surface area contributed by atoms with Crippen molar-refractivity contribution in [2.24, 2.45) is 0 Å². The lowest BCUT2D eigenvalue weighted by atomic mass is 10.4.